The molecule has 24 heavy (non-hydrogen) atoms. The van der Waals surface area contributed by atoms with Crippen molar-refractivity contribution in [3.8, 4) is 0 Å². The number of nitrogens with one attached hydrogen (secondary N) is 1. The highest BCUT2D eigenvalue weighted by molar-refractivity contribution is 7.89. The summed E-state index contributed by atoms with van der Waals surface area (Å²) >= 11 is 0. The van der Waals surface area contributed by atoms with Gasteiger partial charge in [-0.25, -0.2) is 17.9 Å². The van der Waals surface area contributed by atoms with Crippen molar-refractivity contribution in [3.05, 3.63) is 65.5 Å². The zero-order chi connectivity index (χ0) is 17.6. The zero-order valence-electron chi connectivity index (χ0n) is 13.0. The molecule has 0 aliphatic heterocycles. The smallest absolute Gasteiger partial charge is 0.238 e. The van der Waals surface area contributed by atoms with Crippen LogP contribution in [0.25, 0.3) is 0 Å². The van der Waals surface area contributed by atoms with E-state index in [1.807, 2.05) is 0 Å². The van der Waals surface area contributed by atoms with Gasteiger partial charge < -0.3 is 5.32 Å². The maximum atomic E-state index is 12.8. The molecule has 0 heterocycles. The minimum absolute atomic E-state index is 0.0644. The van der Waals surface area contributed by atoms with Crippen LogP contribution in [0.3, 0.4) is 0 Å². The van der Waals surface area contributed by atoms with Gasteiger partial charge in [0.05, 0.1) is 4.90 Å². The van der Waals surface area contributed by atoms with Crippen molar-refractivity contribution < 1.29 is 17.6 Å². The molecule has 2 aromatic carbocycles. The lowest BCUT2D eigenvalue weighted by Crippen LogP contribution is -2.25. The van der Waals surface area contributed by atoms with E-state index in [-0.39, 0.29) is 16.6 Å². The molecule has 0 saturated carbocycles. The Balaban J connectivity index is 1.73. The van der Waals surface area contributed by atoms with Crippen LogP contribution in [0.2, 0.25) is 0 Å². The summed E-state index contributed by atoms with van der Waals surface area (Å²) in [5.41, 5.74) is 1.81. The van der Waals surface area contributed by atoms with Crippen LogP contribution in [0.4, 0.5) is 4.39 Å². The third-order valence-corrected chi connectivity index (χ3v) is 4.47. The van der Waals surface area contributed by atoms with Crippen molar-refractivity contribution in [2.24, 2.45) is 5.14 Å². The molecule has 3 N–H and O–H groups in total. The second kappa shape index (κ2) is 8.03. The molecule has 0 aromatic heterocycles. The summed E-state index contributed by atoms with van der Waals surface area (Å²) in [5, 5.41) is 7.83. The van der Waals surface area contributed by atoms with Gasteiger partial charge in [-0.3, -0.25) is 4.79 Å². The number of carbonyl (C=O) groups is 1. The molecule has 0 unspecified atom stereocenters. The van der Waals surface area contributed by atoms with Crippen LogP contribution in [0.5, 0.6) is 0 Å². The molecule has 0 bridgehead atoms. The Morgan fingerprint density at radius 1 is 0.958 bits per heavy atom. The summed E-state index contributed by atoms with van der Waals surface area (Å²) in [6, 6.07) is 12.3. The van der Waals surface area contributed by atoms with E-state index in [2.05, 4.69) is 5.32 Å². The van der Waals surface area contributed by atoms with Crippen molar-refractivity contribution in [1.29, 1.82) is 0 Å². The molecule has 0 saturated heterocycles. The predicted molar refractivity (Wildman–Crippen MR) is 89.2 cm³/mol. The third kappa shape index (κ3) is 5.75. The molecule has 5 nitrogen and oxygen atoms in total. The Labute approximate surface area is 140 Å². The molecule has 0 fully saturated rings. The number of primary sulfonamides is 1. The number of aryl methyl sites for hydroxylation is 1. The predicted octanol–water partition coefficient (Wildman–Crippen LogP) is 1.76. The van der Waals surface area contributed by atoms with Gasteiger partial charge >= 0.3 is 0 Å². The van der Waals surface area contributed by atoms with Crippen molar-refractivity contribution in [2.45, 2.75) is 24.2 Å². The second-order valence-electron chi connectivity index (χ2n) is 5.42. The van der Waals surface area contributed by atoms with Crippen LogP contribution in [0, 0.1) is 5.82 Å². The van der Waals surface area contributed by atoms with Crippen molar-refractivity contribution in [3.63, 3.8) is 0 Å². The monoisotopic (exact) mass is 350 g/mol. The minimum Gasteiger partial charge on any atom is -0.356 e. The quantitative estimate of drug-likeness (QED) is 0.797. The molecular weight excluding hydrogens is 331 g/mol. The number of amides is 1. The molecular formula is C17H19FN2O3S. The SMILES string of the molecule is NS(=O)(=O)c1ccc(CCNC(=O)CCc2ccc(F)cc2)cc1. The van der Waals surface area contributed by atoms with Gasteiger partial charge in [0, 0.05) is 13.0 Å². The largest absolute Gasteiger partial charge is 0.356 e. The fourth-order valence-corrected chi connectivity index (χ4v) is 2.70. The number of hydrogen-bond donors (Lipinski definition) is 2. The average Bonchev–Trinajstić information content (AvgIpc) is 2.54. The van der Waals surface area contributed by atoms with E-state index >= 15 is 0 Å². The number of rotatable bonds is 7. The number of hydrogen-bond acceptors (Lipinski definition) is 3. The Morgan fingerprint density at radius 3 is 2.08 bits per heavy atom. The Kier molecular flexibility index (Phi) is 6.05. The molecule has 2 rings (SSSR count). The fourth-order valence-electron chi connectivity index (χ4n) is 2.19. The van der Waals surface area contributed by atoms with E-state index in [1.165, 1.54) is 24.3 Å². The van der Waals surface area contributed by atoms with E-state index in [1.54, 1.807) is 24.3 Å². The maximum absolute atomic E-state index is 12.8. The summed E-state index contributed by atoms with van der Waals surface area (Å²) in [4.78, 5) is 11.8. The highest BCUT2D eigenvalue weighted by Gasteiger charge is 2.07. The third-order valence-electron chi connectivity index (χ3n) is 3.54. The number of carbonyl (C=O) groups excluding carboxylic acids is 1. The number of halogens is 1. The maximum Gasteiger partial charge on any atom is 0.238 e. The van der Waals surface area contributed by atoms with Gasteiger partial charge in [0.1, 0.15) is 5.82 Å². The van der Waals surface area contributed by atoms with Gasteiger partial charge in [0.25, 0.3) is 0 Å². The van der Waals surface area contributed by atoms with Gasteiger partial charge in [-0.05, 0) is 48.2 Å². The summed E-state index contributed by atoms with van der Waals surface area (Å²) in [5.74, 6) is -0.378. The van der Waals surface area contributed by atoms with Crippen molar-refractivity contribution >= 4 is 15.9 Å². The summed E-state index contributed by atoms with van der Waals surface area (Å²) in [6.07, 6.45) is 1.47. The first-order chi connectivity index (χ1) is 11.3. The molecule has 0 aliphatic rings. The van der Waals surface area contributed by atoms with Crippen molar-refractivity contribution in [1.82, 2.24) is 5.32 Å². The molecule has 1 amide bonds. The highest BCUT2D eigenvalue weighted by atomic mass is 32.2. The van der Waals surface area contributed by atoms with E-state index in [0.717, 1.165) is 11.1 Å². The average molecular weight is 350 g/mol. The van der Waals surface area contributed by atoms with Crippen LogP contribution in [0.1, 0.15) is 17.5 Å². The first kappa shape index (κ1) is 18.1. The lowest BCUT2D eigenvalue weighted by Gasteiger charge is -2.06. The Morgan fingerprint density at radius 2 is 1.50 bits per heavy atom. The first-order valence-electron chi connectivity index (χ1n) is 7.47. The molecule has 0 radical (unpaired) electrons. The summed E-state index contributed by atoms with van der Waals surface area (Å²) < 4.78 is 35.1. The first-order valence-corrected chi connectivity index (χ1v) is 9.02. The number of benzene rings is 2. The molecule has 2 aromatic rings. The second-order valence-corrected chi connectivity index (χ2v) is 6.98. The van der Waals surface area contributed by atoms with Crippen LogP contribution >= 0.6 is 0 Å². The Bertz CT molecular complexity index is 788. The molecule has 128 valence electrons. The Hall–Kier alpha value is -2.25. The fraction of sp³-hybridized carbons (Fsp3) is 0.235. The van der Waals surface area contributed by atoms with Gasteiger partial charge in [0.15, 0.2) is 0 Å². The van der Waals surface area contributed by atoms with Crippen molar-refractivity contribution in [2.75, 3.05) is 6.54 Å². The topological polar surface area (TPSA) is 89.3 Å². The van der Waals surface area contributed by atoms with Gasteiger partial charge in [0.2, 0.25) is 15.9 Å². The van der Waals surface area contributed by atoms with Crippen LogP contribution in [0.15, 0.2) is 53.4 Å². The van der Waals surface area contributed by atoms with E-state index in [9.17, 15) is 17.6 Å². The van der Waals surface area contributed by atoms with Crippen LogP contribution in [-0.4, -0.2) is 20.9 Å². The molecule has 0 atom stereocenters. The number of sulfonamides is 1. The van der Waals surface area contributed by atoms with E-state index in [4.69, 9.17) is 5.14 Å². The van der Waals surface area contributed by atoms with Gasteiger partial charge in [-0.15, -0.1) is 0 Å². The van der Waals surface area contributed by atoms with Crippen LogP contribution in [-0.2, 0) is 27.7 Å². The lowest BCUT2D eigenvalue weighted by molar-refractivity contribution is -0.121. The molecule has 7 heteroatoms. The number of nitrogens with two attached hydrogens (primary N) is 1. The molecule has 0 spiro atoms. The lowest BCUT2D eigenvalue weighted by atomic mass is 10.1. The van der Waals surface area contributed by atoms with Gasteiger partial charge in [-0.1, -0.05) is 24.3 Å². The van der Waals surface area contributed by atoms with E-state index in [0.29, 0.717) is 25.8 Å². The van der Waals surface area contributed by atoms with E-state index < -0.39 is 10.0 Å². The standard InChI is InChI=1S/C17H19FN2O3S/c18-15-6-1-13(2-7-15)5-10-17(21)20-12-11-14-3-8-16(9-4-14)24(19,22)23/h1-4,6-9H,5,10-12H2,(H,20,21)(H2,19,22,23). The molecule has 0 aliphatic carbocycles. The zero-order valence-corrected chi connectivity index (χ0v) is 13.9. The van der Waals surface area contributed by atoms with Crippen LogP contribution < -0.4 is 10.5 Å². The minimum atomic E-state index is -3.68. The summed E-state index contributed by atoms with van der Waals surface area (Å²) in [7, 11) is -3.68. The van der Waals surface area contributed by atoms with Gasteiger partial charge in [-0.2, -0.15) is 0 Å². The normalized spacial score (nSPS) is 11.2. The highest BCUT2D eigenvalue weighted by Crippen LogP contribution is 2.09. The summed E-state index contributed by atoms with van der Waals surface area (Å²) in [6.45, 7) is 0.455.